The van der Waals surface area contributed by atoms with E-state index >= 15 is 0 Å². The van der Waals surface area contributed by atoms with Gasteiger partial charge in [-0.1, -0.05) is 33.3 Å². The Morgan fingerprint density at radius 2 is 2.06 bits per heavy atom. The lowest BCUT2D eigenvalue weighted by atomic mass is 9.67. The lowest BCUT2D eigenvalue weighted by Crippen LogP contribution is -2.48. The molecule has 1 unspecified atom stereocenters. The van der Waals surface area contributed by atoms with Gasteiger partial charge in [-0.05, 0) is 42.7 Å². The third-order valence-corrected chi connectivity index (χ3v) is 4.19. The monoisotopic (exact) mass is 246 g/mol. The highest BCUT2D eigenvalue weighted by Gasteiger charge is 2.37. The van der Waals surface area contributed by atoms with Gasteiger partial charge in [0.2, 0.25) is 0 Å². The minimum Gasteiger partial charge on any atom is -0.325 e. The second kappa shape index (κ2) is 5.00. The fourth-order valence-electron chi connectivity index (χ4n) is 3.33. The van der Waals surface area contributed by atoms with E-state index in [0.29, 0.717) is 5.41 Å². The summed E-state index contributed by atoms with van der Waals surface area (Å²) in [5, 5.41) is 0. The highest BCUT2D eigenvalue weighted by molar-refractivity contribution is 5.16. The van der Waals surface area contributed by atoms with Crippen molar-refractivity contribution in [2.75, 3.05) is 0 Å². The number of aryl methyl sites for hydroxylation is 1. The standard InChI is InChI=1S/C16H26N2/c1-4-13-6-7-14(18-11-13)10-16(17)9-5-8-15(2,3)12-16/h6-7,11H,4-5,8-10,12,17H2,1-3H3. The molecular formula is C16H26N2. The molecule has 1 aromatic heterocycles. The van der Waals surface area contributed by atoms with E-state index in [1.165, 1.54) is 18.4 Å². The normalized spacial score (nSPS) is 27.1. The zero-order chi connectivity index (χ0) is 13.2. The molecule has 1 fully saturated rings. The molecule has 1 atom stereocenters. The van der Waals surface area contributed by atoms with Gasteiger partial charge in [-0.3, -0.25) is 4.98 Å². The maximum atomic E-state index is 6.60. The zero-order valence-electron chi connectivity index (χ0n) is 12.0. The maximum absolute atomic E-state index is 6.60. The summed E-state index contributed by atoms with van der Waals surface area (Å²) in [5.74, 6) is 0. The van der Waals surface area contributed by atoms with E-state index in [1.54, 1.807) is 0 Å². The molecule has 2 heteroatoms. The van der Waals surface area contributed by atoms with Gasteiger partial charge in [0, 0.05) is 23.9 Å². The van der Waals surface area contributed by atoms with Crippen LogP contribution in [0.4, 0.5) is 0 Å². The summed E-state index contributed by atoms with van der Waals surface area (Å²) >= 11 is 0. The Labute approximate surface area is 111 Å². The van der Waals surface area contributed by atoms with E-state index in [-0.39, 0.29) is 5.54 Å². The van der Waals surface area contributed by atoms with E-state index in [2.05, 4.69) is 37.9 Å². The number of nitrogens with zero attached hydrogens (tertiary/aromatic N) is 1. The van der Waals surface area contributed by atoms with Gasteiger partial charge in [0.05, 0.1) is 0 Å². The minimum atomic E-state index is -0.0531. The van der Waals surface area contributed by atoms with Gasteiger partial charge in [0.1, 0.15) is 0 Å². The van der Waals surface area contributed by atoms with Crippen LogP contribution >= 0.6 is 0 Å². The van der Waals surface area contributed by atoms with Crippen molar-refractivity contribution in [1.29, 1.82) is 0 Å². The average Bonchev–Trinajstić information content (AvgIpc) is 2.27. The van der Waals surface area contributed by atoms with Crippen molar-refractivity contribution in [3.05, 3.63) is 29.6 Å². The van der Waals surface area contributed by atoms with Crippen molar-refractivity contribution < 1.29 is 0 Å². The van der Waals surface area contributed by atoms with Crippen LogP contribution < -0.4 is 5.73 Å². The second-order valence-corrected chi connectivity index (χ2v) is 6.75. The molecule has 0 aromatic carbocycles. The van der Waals surface area contributed by atoms with Crippen LogP contribution in [0.3, 0.4) is 0 Å². The summed E-state index contributed by atoms with van der Waals surface area (Å²) in [7, 11) is 0. The lowest BCUT2D eigenvalue weighted by Gasteiger charge is -2.42. The molecule has 100 valence electrons. The van der Waals surface area contributed by atoms with Crippen LogP contribution in [-0.4, -0.2) is 10.5 Å². The van der Waals surface area contributed by atoms with Crippen LogP contribution in [0.15, 0.2) is 18.3 Å². The van der Waals surface area contributed by atoms with E-state index in [0.717, 1.165) is 31.4 Å². The van der Waals surface area contributed by atoms with Crippen LogP contribution in [0.5, 0.6) is 0 Å². The summed E-state index contributed by atoms with van der Waals surface area (Å²) in [4.78, 5) is 4.56. The smallest absolute Gasteiger partial charge is 0.0422 e. The number of rotatable bonds is 3. The third kappa shape index (κ3) is 3.32. The molecule has 1 heterocycles. The maximum Gasteiger partial charge on any atom is 0.0422 e. The molecule has 1 saturated carbocycles. The third-order valence-electron chi connectivity index (χ3n) is 4.19. The predicted octanol–water partition coefficient (Wildman–Crippen LogP) is 3.48. The van der Waals surface area contributed by atoms with Gasteiger partial charge in [0.15, 0.2) is 0 Å². The van der Waals surface area contributed by atoms with Crippen molar-refractivity contribution in [1.82, 2.24) is 4.98 Å². The summed E-state index contributed by atoms with van der Waals surface area (Å²) < 4.78 is 0. The van der Waals surface area contributed by atoms with Gasteiger partial charge < -0.3 is 5.73 Å². The van der Waals surface area contributed by atoms with Crippen LogP contribution in [0, 0.1) is 5.41 Å². The largest absolute Gasteiger partial charge is 0.325 e. The molecular weight excluding hydrogens is 220 g/mol. The number of aromatic nitrogens is 1. The van der Waals surface area contributed by atoms with E-state index in [1.807, 2.05) is 6.20 Å². The van der Waals surface area contributed by atoms with Crippen LogP contribution in [0.25, 0.3) is 0 Å². The van der Waals surface area contributed by atoms with Crippen LogP contribution in [0.1, 0.15) is 57.7 Å². The first kappa shape index (κ1) is 13.5. The fraction of sp³-hybridized carbons (Fsp3) is 0.688. The molecule has 2 N–H and O–H groups in total. The van der Waals surface area contributed by atoms with Crippen molar-refractivity contribution in [2.45, 2.75) is 64.8 Å². The van der Waals surface area contributed by atoms with Crippen LogP contribution in [0.2, 0.25) is 0 Å². The van der Waals surface area contributed by atoms with Crippen molar-refractivity contribution in [3.63, 3.8) is 0 Å². The summed E-state index contributed by atoms with van der Waals surface area (Å²) in [6.07, 6.45) is 8.75. The molecule has 1 aromatic rings. The fourth-order valence-corrected chi connectivity index (χ4v) is 3.33. The summed E-state index contributed by atoms with van der Waals surface area (Å²) in [6.45, 7) is 6.83. The first-order valence-electron chi connectivity index (χ1n) is 7.15. The Morgan fingerprint density at radius 3 is 2.61 bits per heavy atom. The van der Waals surface area contributed by atoms with Gasteiger partial charge in [0.25, 0.3) is 0 Å². The topological polar surface area (TPSA) is 38.9 Å². The number of hydrogen-bond donors (Lipinski definition) is 1. The Kier molecular flexibility index (Phi) is 3.76. The van der Waals surface area contributed by atoms with E-state index < -0.39 is 0 Å². The molecule has 2 rings (SSSR count). The Morgan fingerprint density at radius 1 is 1.28 bits per heavy atom. The SMILES string of the molecule is CCc1ccc(CC2(N)CCCC(C)(C)C2)nc1. The molecule has 0 bridgehead atoms. The molecule has 0 saturated heterocycles. The lowest BCUT2D eigenvalue weighted by molar-refractivity contribution is 0.150. The van der Waals surface area contributed by atoms with Crippen LogP contribution in [-0.2, 0) is 12.8 Å². The molecule has 0 radical (unpaired) electrons. The minimum absolute atomic E-state index is 0.0531. The quantitative estimate of drug-likeness (QED) is 0.886. The van der Waals surface area contributed by atoms with Crippen molar-refractivity contribution in [3.8, 4) is 0 Å². The second-order valence-electron chi connectivity index (χ2n) is 6.75. The highest BCUT2D eigenvalue weighted by Crippen LogP contribution is 2.40. The van der Waals surface area contributed by atoms with Gasteiger partial charge in [-0.15, -0.1) is 0 Å². The number of pyridine rings is 1. The molecule has 2 nitrogen and oxygen atoms in total. The summed E-state index contributed by atoms with van der Waals surface area (Å²) in [5.41, 5.74) is 9.38. The Hall–Kier alpha value is -0.890. The Balaban J connectivity index is 2.07. The average molecular weight is 246 g/mol. The molecule has 1 aliphatic carbocycles. The van der Waals surface area contributed by atoms with Gasteiger partial charge in [-0.2, -0.15) is 0 Å². The number of nitrogens with two attached hydrogens (primary N) is 1. The van der Waals surface area contributed by atoms with E-state index in [9.17, 15) is 0 Å². The van der Waals surface area contributed by atoms with E-state index in [4.69, 9.17) is 5.73 Å². The predicted molar refractivity (Wildman–Crippen MR) is 76.5 cm³/mol. The van der Waals surface area contributed by atoms with Gasteiger partial charge >= 0.3 is 0 Å². The zero-order valence-corrected chi connectivity index (χ0v) is 12.0. The Bertz CT molecular complexity index is 394. The van der Waals surface area contributed by atoms with Crippen molar-refractivity contribution in [2.24, 2.45) is 11.1 Å². The molecule has 0 amide bonds. The van der Waals surface area contributed by atoms with Gasteiger partial charge in [-0.25, -0.2) is 0 Å². The molecule has 0 aliphatic heterocycles. The summed E-state index contributed by atoms with van der Waals surface area (Å²) in [6, 6.07) is 4.33. The highest BCUT2D eigenvalue weighted by atomic mass is 14.8. The first-order valence-corrected chi connectivity index (χ1v) is 7.15. The molecule has 0 spiro atoms. The molecule has 1 aliphatic rings. The first-order chi connectivity index (χ1) is 8.42. The molecule has 18 heavy (non-hydrogen) atoms. The number of hydrogen-bond acceptors (Lipinski definition) is 2. The van der Waals surface area contributed by atoms with Crippen molar-refractivity contribution >= 4 is 0 Å².